The molecule has 23 heavy (non-hydrogen) atoms. The number of phenolic OH excluding ortho intramolecular Hbond substituents is 1. The molecule has 1 heterocycles. The average Bonchev–Trinajstić information content (AvgIpc) is 2.54. The molecule has 1 saturated heterocycles. The summed E-state index contributed by atoms with van der Waals surface area (Å²) in [5.41, 5.74) is 0.812. The highest BCUT2D eigenvalue weighted by atomic mass is 35.5. The van der Waals surface area contributed by atoms with Gasteiger partial charge >= 0.3 is 0 Å². The molecule has 1 amide bonds. The fourth-order valence-corrected chi connectivity index (χ4v) is 2.73. The highest BCUT2D eigenvalue weighted by molar-refractivity contribution is 6.04. The zero-order valence-electron chi connectivity index (χ0n) is 13.1. The quantitative estimate of drug-likeness (QED) is 0.934. The Bertz CT molecular complexity index is 687. The number of phenols is 1. The lowest BCUT2D eigenvalue weighted by molar-refractivity contribution is -0.120. The Hall–Kier alpha value is -1.82. The summed E-state index contributed by atoms with van der Waals surface area (Å²) in [5, 5.41) is 11.6. The van der Waals surface area contributed by atoms with Gasteiger partial charge in [-0.05, 0) is 23.6 Å². The Morgan fingerprint density at radius 2 is 2.00 bits per heavy atom. The molecule has 0 aliphatic carbocycles. The molecule has 0 radical (unpaired) electrons. The van der Waals surface area contributed by atoms with Crippen molar-refractivity contribution >= 4 is 34.8 Å². The molecule has 5 nitrogen and oxygen atoms in total. The van der Waals surface area contributed by atoms with Crippen molar-refractivity contribution in [3.05, 3.63) is 36.4 Å². The van der Waals surface area contributed by atoms with Crippen LogP contribution in [0.3, 0.4) is 0 Å². The number of likely N-dealkylation sites (N-methyl/N-ethyl adjacent to an activating group) is 1. The first-order valence-corrected chi connectivity index (χ1v) is 7.43. The van der Waals surface area contributed by atoms with Gasteiger partial charge in [0.15, 0.2) is 0 Å². The van der Waals surface area contributed by atoms with Crippen molar-refractivity contribution in [1.29, 1.82) is 0 Å². The molecule has 1 fully saturated rings. The van der Waals surface area contributed by atoms with E-state index >= 15 is 0 Å². The van der Waals surface area contributed by atoms with Gasteiger partial charge in [0.2, 0.25) is 5.91 Å². The number of aromatic hydroxyl groups is 1. The van der Waals surface area contributed by atoms with E-state index in [9.17, 15) is 9.90 Å². The number of ether oxygens (including phenoxy) is 1. The minimum absolute atomic E-state index is 0. The zero-order valence-corrected chi connectivity index (χ0v) is 13.9. The van der Waals surface area contributed by atoms with Crippen LogP contribution in [0.2, 0.25) is 0 Å². The summed E-state index contributed by atoms with van der Waals surface area (Å²) < 4.78 is 5.30. The van der Waals surface area contributed by atoms with Crippen molar-refractivity contribution in [2.45, 2.75) is 0 Å². The number of benzene rings is 2. The number of amides is 1. The van der Waals surface area contributed by atoms with Gasteiger partial charge in [-0.1, -0.05) is 18.2 Å². The molecule has 0 atom stereocenters. The number of carbonyl (C=O) groups excluding carboxylic acids is 1. The second-order valence-corrected chi connectivity index (χ2v) is 5.52. The monoisotopic (exact) mass is 336 g/mol. The number of hydrogen-bond donors (Lipinski definition) is 1. The Labute approximate surface area is 141 Å². The molecule has 3 rings (SSSR count). The van der Waals surface area contributed by atoms with Crippen LogP contribution < -0.4 is 4.90 Å². The summed E-state index contributed by atoms with van der Waals surface area (Å²) in [5.74, 6) is 0.242. The van der Waals surface area contributed by atoms with Gasteiger partial charge in [-0.3, -0.25) is 9.69 Å². The highest BCUT2D eigenvalue weighted by Crippen LogP contribution is 2.29. The van der Waals surface area contributed by atoms with Crippen molar-refractivity contribution < 1.29 is 14.6 Å². The van der Waals surface area contributed by atoms with Gasteiger partial charge < -0.3 is 14.7 Å². The van der Waals surface area contributed by atoms with Crippen molar-refractivity contribution in [1.82, 2.24) is 4.90 Å². The van der Waals surface area contributed by atoms with Crippen molar-refractivity contribution in [2.24, 2.45) is 0 Å². The van der Waals surface area contributed by atoms with Crippen LogP contribution in [0.15, 0.2) is 36.4 Å². The summed E-state index contributed by atoms with van der Waals surface area (Å²) >= 11 is 0. The van der Waals surface area contributed by atoms with Crippen molar-refractivity contribution in [2.75, 3.05) is 44.8 Å². The van der Waals surface area contributed by atoms with E-state index in [-0.39, 0.29) is 24.1 Å². The van der Waals surface area contributed by atoms with Crippen LogP contribution in [0.5, 0.6) is 5.75 Å². The molecule has 0 spiro atoms. The fraction of sp³-hybridized carbons (Fsp3) is 0.353. The molecule has 0 bridgehead atoms. The molecule has 124 valence electrons. The van der Waals surface area contributed by atoms with Crippen LogP contribution in [-0.2, 0) is 9.53 Å². The summed E-state index contributed by atoms with van der Waals surface area (Å²) in [7, 11) is 1.78. The third-order valence-electron chi connectivity index (χ3n) is 4.04. The van der Waals surface area contributed by atoms with Gasteiger partial charge in [0.1, 0.15) is 5.75 Å². The van der Waals surface area contributed by atoms with Gasteiger partial charge in [-0.2, -0.15) is 0 Å². The number of nitrogens with zero attached hydrogens (tertiary/aromatic N) is 2. The smallest absolute Gasteiger partial charge is 0.240 e. The van der Waals surface area contributed by atoms with Crippen LogP contribution in [0.4, 0.5) is 5.69 Å². The van der Waals surface area contributed by atoms with Crippen LogP contribution in [-0.4, -0.2) is 55.8 Å². The summed E-state index contributed by atoms with van der Waals surface area (Å²) in [6.45, 7) is 3.32. The zero-order chi connectivity index (χ0) is 15.5. The van der Waals surface area contributed by atoms with E-state index in [2.05, 4.69) is 4.90 Å². The molecular formula is C17H21ClN2O3. The fourth-order valence-electron chi connectivity index (χ4n) is 2.73. The van der Waals surface area contributed by atoms with E-state index in [1.54, 1.807) is 24.1 Å². The first kappa shape index (κ1) is 17.5. The van der Waals surface area contributed by atoms with E-state index < -0.39 is 0 Å². The SMILES string of the molecule is CN(C(=O)CN1CCOCC1)c1cccc2ccc(O)cc12.Cl. The number of anilines is 1. The van der Waals surface area contributed by atoms with Gasteiger partial charge in [-0.15, -0.1) is 12.4 Å². The second-order valence-electron chi connectivity index (χ2n) is 5.52. The number of rotatable bonds is 3. The van der Waals surface area contributed by atoms with Gasteiger partial charge in [-0.25, -0.2) is 0 Å². The minimum atomic E-state index is 0. The minimum Gasteiger partial charge on any atom is -0.508 e. The summed E-state index contributed by atoms with van der Waals surface area (Å²) in [6, 6.07) is 11.0. The first-order chi connectivity index (χ1) is 10.6. The van der Waals surface area contributed by atoms with E-state index in [1.807, 2.05) is 24.3 Å². The standard InChI is InChI=1S/C17H20N2O3.ClH/c1-18(17(21)12-19-7-9-22-10-8-19)16-4-2-3-13-5-6-14(20)11-15(13)16;/h2-6,11,20H,7-10,12H2,1H3;1H. The lowest BCUT2D eigenvalue weighted by Gasteiger charge is -2.28. The summed E-state index contributed by atoms with van der Waals surface area (Å²) in [6.07, 6.45) is 0. The van der Waals surface area contributed by atoms with Gasteiger partial charge in [0.25, 0.3) is 0 Å². The normalized spacial score (nSPS) is 15.2. The lowest BCUT2D eigenvalue weighted by atomic mass is 10.1. The molecule has 1 N–H and O–H groups in total. The molecule has 0 aromatic heterocycles. The Kier molecular flexibility index (Phi) is 5.82. The van der Waals surface area contributed by atoms with Crippen LogP contribution in [0.1, 0.15) is 0 Å². The van der Waals surface area contributed by atoms with Crippen molar-refractivity contribution in [3.63, 3.8) is 0 Å². The van der Waals surface area contributed by atoms with Crippen LogP contribution in [0.25, 0.3) is 10.8 Å². The summed E-state index contributed by atoms with van der Waals surface area (Å²) in [4.78, 5) is 16.3. The third-order valence-corrected chi connectivity index (χ3v) is 4.04. The lowest BCUT2D eigenvalue weighted by Crippen LogP contribution is -2.43. The molecule has 0 unspecified atom stereocenters. The van der Waals surface area contributed by atoms with Gasteiger partial charge in [0, 0.05) is 25.5 Å². The van der Waals surface area contributed by atoms with E-state index in [0.717, 1.165) is 29.5 Å². The number of hydrogen-bond acceptors (Lipinski definition) is 4. The topological polar surface area (TPSA) is 53.0 Å². The largest absolute Gasteiger partial charge is 0.508 e. The van der Waals surface area contributed by atoms with Gasteiger partial charge in [0.05, 0.1) is 25.4 Å². The molecule has 0 saturated carbocycles. The maximum atomic E-state index is 12.5. The maximum Gasteiger partial charge on any atom is 0.240 e. The number of carbonyl (C=O) groups is 1. The highest BCUT2D eigenvalue weighted by Gasteiger charge is 2.19. The Balaban J connectivity index is 0.00000192. The maximum absolute atomic E-state index is 12.5. The predicted octanol–water partition coefficient (Wildman–Crippen LogP) is 2.26. The van der Waals surface area contributed by atoms with E-state index in [4.69, 9.17) is 4.74 Å². The average molecular weight is 337 g/mol. The van der Waals surface area contributed by atoms with E-state index in [1.165, 1.54) is 0 Å². The number of fused-ring (bicyclic) bond motifs is 1. The molecule has 6 heteroatoms. The Morgan fingerprint density at radius 1 is 1.26 bits per heavy atom. The molecule has 1 aliphatic rings. The Morgan fingerprint density at radius 3 is 2.74 bits per heavy atom. The van der Waals surface area contributed by atoms with Crippen LogP contribution in [0, 0.1) is 0 Å². The number of morpholine rings is 1. The molecule has 2 aromatic rings. The predicted molar refractivity (Wildman–Crippen MR) is 93.5 cm³/mol. The van der Waals surface area contributed by atoms with Crippen molar-refractivity contribution in [3.8, 4) is 5.75 Å². The molecular weight excluding hydrogens is 316 g/mol. The van der Waals surface area contributed by atoms with Crippen LogP contribution >= 0.6 is 12.4 Å². The number of halogens is 1. The van der Waals surface area contributed by atoms with E-state index in [0.29, 0.717) is 19.8 Å². The molecule has 1 aliphatic heterocycles. The first-order valence-electron chi connectivity index (χ1n) is 7.43. The molecule has 2 aromatic carbocycles. The third kappa shape index (κ3) is 3.93. The second kappa shape index (κ2) is 7.64.